The molecule has 1 atom stereocenters. The van der Waals surface area contributed by atoms with Gasteiger partial charge in [0.05, 0.1) is 18.7 Å². The first-order chi connectivity index (χ1) is 9.58. The molecule has 0 spiro atoms. The number of nitriles is 1. The molecule has 1 aromatic heterocycles. The molecule has 1 unspecified atom stereocenters. The third-order valence-electron chi connectivity index (χ3n) is 3.12. The Morgan fingerprint density at radius 1 is 1.50 bits per heavy atom. The summed E-state index contributed by atoms with van der Waals surface area (Å²) in [7, 11) is 1.30. The average molecular weight is 271 g/mol. The molecule has 102 valence electrons. The highest BCUT2D eigenvalue weighted by Gasteiger charge is 2.20. The number of primary amides is 1. The lowest BCUT2D eigenvalue weighted by molar-refractivity contribution is -0.120. The molecule has 2 aromatic rings. The molecule has 6 nitrogen and oxygen atoms in total. The zero-order chi connectivity index (χ0) is 14.7. The fraction of sp³-hybridized carbons (Fsp3) is 0.214. The second-order valence-corrected chi connectivity index (χ2v) is 4.32. The van der Waals surface area contributed by atoms with E-state index in [2.05, 4.69) is 4.98 Å². The lowest BCUT2D eigenvalue weighted by atomic mass is 9.97. The molecule has 0 aliphatic heterocycles. The number of rotatable bonds is 4. The molecule has 0 aliphatic carbocycles. The maximum absolute atomic E-state index is 11.8. The van der Waals surface area contributed by atoms with Crippen molar-refractivity contribution < 1.29 is 14.3 Å². The molecule has 1 aromatic carbocycles. The van der Waals surface area contributed by atoms with E-state index in [9.17, 15) is 9.59 Å². The summed E-state index contributed by atoms with van der Waals surface area (Å²) in [5, 5.41) is 9.59. The molecule has 0 saturated carbocycles. The van der Waals surface area contributed by atoms with Crippen LogP contribution < -0.4 is 5.73 Å². The first kappa shape index (κ1) is 13.6. The molecule has 0 bridgehead atoms. The van der Waals surface area contributed by atoms with Crippen LogP contribution in [0.25, 0.3) is 10.9 Å². The largest absolute Gasteiger partial charge is 0.465 e. The molecule has 20 heavy (non-hydrogen) atoms. The van der Waals surface area contributed by atoms with Crippen LogP contribution in [0.3, 0.4) is 0 Å². The number of nitrogens with zero attached hydrogens (tertiary/aromatic N) is 1. The molecular formula is C14H13N3O3. The number of H-pyrrole nitrogens is 1. The van der Waals surface area contributed by atoms with Crippen molar-refractivity contribution >= 4 is 22.8 Å². The van der Waals surface area contributed by atoms with Gasteiger partial charge in [0.15, 0.2) is 0 Å². The van der Waals surface area contributed by atoms with E-state index in [0.29, 0.717) is 16.5 Å². The maximum Gasteiger partial charge on any atom is 0.338 e. The van der Waals surface area contributed by atoms with Gasteiger partial charge in [-0.25, -0.2) is 4.79 Å². The van der Waals surface area contributed by atoms with Crippen LogP contribution in [0.5, 0.6) is 0 Å². The van der Waals surface area contributed by atoms with E-state index in [1.807, 2.05) is 6.07 Å². The number of nitrogens with one attached hydrogen (secondary N) is 1. The summed E-state index contributed by atoms with van der Waals surface area (Å²) in [6.45, 7) is 0. The van der Waals surface area contributed by atoms with Gasteiger partial charge in [0.25, 0.3) is 0 Å². The van der Waals surface area contributed by atoms with Gasteiger partial charge in [0.2, 0.25) is 5.91 Å². The van der Waals surface area contributed by atoms with Gasteiger partial charge < -0.3 is 15.5 Å². The topological polar surface area (TPSA) is 109 Å². The van der Waals surface area contributed by atoms with Crippen molar-refractivity contribution in [3.05, 3.63) is 35.5 Å². The second kappa shape index (κ2) is 5.45. The van der Waals surface area contributed by atoms with Crippen LogP contribution in [0.4, 0.5) is 0 Å². The molecule has 2 rings (SSSR count). The molecule has 0 aliphatic rings. The van der Waals surface area contributed by atoms with Crippen LogP contribution in [0.1, 0.15) is 15.9 Å². The number of ether oxygens (including phenoxy) is 1. The number of fused-ring (bicyclic) bond motifs is 1. The summed E-state index contributed by atoms with van der Waals surface area (Å²) in [6.07, 6.45) is 1.82. The van der Waals surface area contributed by atoms with Crippen molar-refractivity contribution in [2.75, 3.05) is 7.11 Å². The van der Waals surface area contributed by atoms with Gasteiger partial charge in [-0.15, -0.1) is 0 Å². The van der Waals surface area contributed by atoms with Crippen molar-refractivity contribution in [1.29, 1.82) is 5.26 Å². The van der Waals surface area contributed by atoms with Gasteiger partial charge >= 0.3 is 5.97 Å². The highest BCUT2D eigenvalue weighted by Crippen LogP contribution is 2.25. The minimum Gasteiger partial charge on any atom is -0.465 e. The number of hydrogen-bond donors (Lipinski definition) is 2. The predicted octanol–water partition coefficient (Wildman–Crippen LogP) is 1.12. The van der Waals surface area contributed by atoms with Gasteiger partial charge in [-0.1, -0.05) is 6.07 Å². The zero-order valence-electron chi connectivity index (χ0n) is 10.8. The van der Waals surface area contributed by atoms with Crippen LogP contribution >= 0.6 is 0 Å². The lowest BCUT2D eigenvalue weighted by Crippen LogP contribution is -2.23. The molecule has 0 fully saturated rings. The Bertz CT molecular complexity index is 712. The van der Waals surface area contributed by atoms with Crippen LogP contribution in [0, 0.1) is 17.2 Å². The third kappa shape index (κ3) is 2.34. The number of nitrogens with two attached hydrogens (primary N) is 1. The highest BCUT2D eigenvalue weighted by atomic mass is 16.5. The van der Waals surface area contributed by atoms with Gasteiger partial charge in [0, 0.05) is 17.1 Å². The average Bonchev–Trinajstić information content (AvgIpc) is 2.86. The van der Waals surface area contributed by atoms with Crippen LogP contribution in [0.15, 0.2) is 24.4 Å². The Morgan fingerprint density at radius 2 is 2.25 bits per heavy atom. The number of aromatic amines is 1. The molecule has 3 N–H and O–H groups in total. The van der Waals surface area contributed by atoms with E-state index in [4.69, 9.17) is 15.7 Å². The zero-order valence-corrected chi connectivity index (χ0v) is 10.8. The van der Waals surface area contributed by atoms with E-state index >= 15 is 0 Å². The van der Waals surface area contributed by atoms with Gasteiger partial charge in [-0.2, -0.15) is 5.26 Å². The second-order valence-electron chi connectivity index (χ2n) is 4.32. The van der Waals surface area contributed by atoms with Crippen LogP contribution in [0.2, 0.25) is 0 Å². The van der Waals surface area contributed by atoms with E-state index < -0.39 is 17.8 Å². The van der Waals surface area contributed by atoms with Crippen molar-refractivity contribution in [2.24, 2.45) is 11.7 Å². The molecule has 6 heteroatoms. The summed E-state index contributed by atoms with van der Waals surface area (Å²) in [5.41, 5.74) is 6.99. The highest BCUT2D eigenvalue weighted by molar-refractivity contribution is 6.05. The van der Waals surface area contributed by atoms with Gasteiger partial charge in [-0.3, -0.25) is 4.79 Å². The Kier molecular flexibility index (Phi) is 3.71. The van der Waals surface area contributed by atoms with E-state index in [1.54, 1.807) is 24.4 Å². The Balaban J connectivity index is 2.53. The number of aromatic nitrogens is 1. The fourth-order valence-electron chi connectivity index (χ4n) is 2.13. The minimum atomic E-state index is -0.931. The van der Waals surface area contributed by atoms with E-state index in [1.165, 1.54) is 7.11 Å². The van der Waals surface area contributed by atoms with Crippen molar-refractivity contribution in [3.8, 4) is 6.07 Å². The number of carbonyl (C=O) groups is 2. The lowest BCUT2D eigenvalue weighted by Gasteiger charge is -2.06. The fourth-order valence-corrected chi connectivity index (χ4v) is 2.13. The number of hydrogen-bond acceptors (Lipinski definition) is 4. The van der Waals surface area contributed by atoms with E-state index in [-0.39, 0.29) is 6.42 Å². The molecular weight excluding hydrogens is 258 g/mol. The third-order valence-corrected chi connectivity index (χ3v) is 3.12. The van der Waals surface area contributed by atoms with E-state index in [0.717, 1.165) is 5.52 Å². The summed E-state index contributed by atoms with van der Waals surface area (Å²) >= 11 is 0. The first-order valence-corrected chi connectivity index (χ1v) is 5.94. The number of carbonyl (C=O) groups excluding carboxylic acids is 2. The Labute approximate surface area is 115 Å². The van der Waals surface area contributed by atoms with Crippen LogP contribution in [-0.2, 0) is 16.0 Å². The smallest absolute Gasteiger partial charge is 0.338 e. The number of benzene rings is 1. The first-order valence-electron chi connectivity index (χ1n) is 5.94. The molecule has 1 amide bonds. The monoisotopic (exact) mass is 271 g/mol. The molecule has 1 heterocycles. The summed E-state index contributed by atoms with van der Waals surface area (Å²) in [6, 6.07) is 7.03. The number of amides is 1. The normalized spacial score (nSPS) is 11.8. The summed E-state index contributed by atoms with van der Waals surface area (Å²) in [5.74, 6) is -2.08. The van der Waals surface area contributed by atoms with Crippen molar-refractivity contribution in [1.82, 2.24) is 4.98 Å². The quantitative estimate of drug-likeness (QED) is 0.812. The number of esters is 1. The Hall–Kier alpha value is -2.81. The molecule has 0 radical (unpaired) electrons. The molecule has 0 saturated heterocycles. The maximum atomic E-state index is 11.8. The van der Waals surface area contributed by atoms with Gasteiger partial charge in [0.1, 0.15) is 5.92 Å². The van der Waals surface area contributed by atoms with Crippen molar-refractivity contribution in [2.45, 2.75) is 6.42 Å². The van der Waals surface area contributed by atoms with Crippen molar-refractivity contribution in [3.63, 3.8) is 0 Å². The van der Waals surface area contributed by atoms with Gasteiger partial charge in [-0.05, 0) is 24.1 Å². The number of methoxy groups -OCH3 is 1. The Morgan fingerprint density at radius 3 is 2.85 bits per heavy atom. The predicted molar refractivity (Wildman–Crippen MR) is 71.6 cm³/mol. The summed E-state index contributed by atoms with van der Waals surface area (Å²) < 4.78 is 4.74. The SMILES string of the molecule is COC(=O)c1cccc2[nH]cc(CC(C#N)C(N)=O)c12. The summed E-state index contributed by atoms with van der Waals surface area (Å²) in [4.78, 5) is 25.9. The minimum absolute atomic E-state index is 0.153. The standard InChI is InChI=1S/C14H13N3O3/c1-20-14(19)10-3-2-4-11-12(10)9(7-17-11)5-8(6-15)13(16)18/h2-4,7-8,17H,5H2,1H3,(H2,16,18). The van der Waals surface area contributed by atoms with Crippen LogP contribution in [-0.4, -0.2) is 24.0 Å².